The summed E-state index contributed by atoms with van der Waals surface area (Å²) < 4.78 is 0. The molecule has 5 aromatic rings. The number of carbonyl (C=O) groups is 4. The van der Waals surface area contributed by atoms with Gasteiger partial charge in [-0.1, -0.05) is 67.6 Å². The first-order valence-corrected chi connectivity index (χ1v) is 16.2. The van der Waals surface area contributed by atoms with E-state index in [4.69, 9.17) is 0 Å². The van der Waals surface area contributed by atoms with Gasteiger partial charge in [-0.2, -0.15) is 10.1 Å². The number of hydrogen-bond acceptors (Lipinski definition) is 6. The molecule has 1 aliphatic heterocycles. The van der Waals surface area contributed by atoms with Crippen molar-refractivity contribution in [2.45, 2.75) is 29.9 Å². The van der Waals surface area contributed by atoms with Gasteiger partial charge >= 0.3 is 0 Å². The van der Waals surface area contributed by atoms with E-state index in [9.17, 15) is 19.2 Å². The van der Waals surface area contributed by atoms with E-state index in [1.807, 2.05) is 61.5 Å². The van der Waals surface area contributed by atoms with Gasteiger partial charge in [-0.05, 0) is 61.0 Å². The van der Waals surface area contributed by atoms with Gasteiger partial charge in [-0.3, -0.25) is 19.2 Å². The molecule has 48 heavy (non-hydrogen) atoms. The third-order valence-corrected chi connectivity index (χ3v) is 8.89. The molecule has 2 heterocycles. The fraction of sp³-hybridized carbons (Fsp3) is 0.108. The topological polar surface area (TPSA) is 136 Å². The molecule has 240 valence electrons. The Morgan fingerprint density at radius 1 is 0.917 bits per heavy atom. The number of amidine groups is 1. The minimum absolute atomic E-state index is 0.00152. The largest absolute Gasteiger partial charge is 0.361 e. The highest BCUT2D eigenvalue weighted by Crippen LogP contribution is 2.29. The van der Waals surface area contributed by atoms with E-state index in [0.717, 1.165) is 21.4 Å². The summed E-state index contributed by atoms with van der Waals surface area (Å²) in [7, 11) is 0. The summed E-state index contributed by atoms with van der Waals surface area (Å²) in [6.07, 6.45) is 3.94. The van der Waals surface area contributed by atoms with E-state index >= 15 is 0 Å². The summed E-state index contributed by atoms with van der Waals surface area (Å²) >= 11 is 1.34. The Hall–Kier alpha value is -5.94. The summed E-state index contributed by atoms with van der Waals surface area (Å²) in [6, 6.07) is 32.5. The second-order valence-electron chi connectivity index (χ2n) is 10.9. The van der Waals surface area contributed by atoms with Crippen molar-refractivity contribution in [2.24, 2.45) is 5.10 Å². The molecule has 4 aromatic carbocycles. The smallest absolute Gasteiger partial charge is 0.272 e. The van der Waals surface area contributed by atoms with Crippen LogP contribution >= 0.6 is 11.8 Å². The lowest BCUT2D eigenvalue weighted by Gasteiger charge is -2.15. The maximum atomic E-state index is 13.7. The summed E-state index contributed by atoms with van der Waals surface area (Å²) in [5.41, 5.74) is 3.24. The van der Waals surface area contributed by atoms with E-state index in [2.05, 4.69) is 26.0 Å². The Kier molecular flexibility index (Phi) is 9.77. The number of aromatic nitrogens is 1. The lowest BCUT2D eigenvalue weighted by atomic mass is 10.1. The Labute approximate surface area is 281 Å². The zero-order valence-electron chi connectivity index (χ0n) is 26.0. The van der Waals surface area contributed by atoms with Crippen molar-refractivity contribution < 1.29 is 19.2 Å². The van der Waals surface area contributed by atoms with Gasteiger partial charge in [0.2, 0.25) is 5.91 Å². The molecule has 0 spiro atoms. The van der Waals surface area contributed by atoms with Crippen LogP contribution in [0, 0.1) is 0 Å². The van der Waals surface area contributed by atoms with Crippen LogP contribution in [0.1, 0.15) is 35.7 Å². The van der Waals surface area contributed by atoms with Crippen LogP contribution in [-0.2, 0) is 14.4 Å². The van der Waals surface area contributed by atoms with Crippen molar-refractivity contribution in [3.63, 3.8) is 0 Å². The highest BCUT2D eigenvalue weighted by atomic mass is 32.2. The van der Waals surface area contributed by atoms with Crippen molar-refractivity contribution in [3.8, 4) is 0 Å². The number of H-pyrrole nitrogens is 1. The predicted molar refractivity (Wildman–Crippen MR) is 189 cm³/mol. The maximum Gasteiger partial charge on any atom is 0.272 e. The van der Waals surface area contributed by atoms with E-state index in [0.29, 0.717) is 29.2 Å². The first-order chi connectivity index (χ1) is 23.4. The quantitative estimate of drug-likeness (QED) is 0.103. The lowest BCUT2D eigenvalue weighted by molar-refractivity contribution is -0.119. The van der Waals surface area contributed by atoms with E-state index in [-0.39, 0.29) is 23.9 Å². The number of thioether (sulfide) groups is 1. The summed E-state index contributed by atoms with van der Waals surface area (Å²) in [6.45, 7) is 1.90. The zero-order valence-corrected chi connectivity index (χ0v) is 26.8. The molecule has 0 saturated heterocycles. The monoisotopic (exact) mass is 656 g/mol. The number of carbonyl (C=O) groups excluding carboxylic acids is 4. The molecule has 0 bridgehead atoms. The molecule has 1 atom stereocenters. The van der Waals surface area contributed by atoms with Crippen LogP contribution in [0.5, 0.6) is 0 Å². The van der Waals surface area contributed by atoms with Crippen LogP contribution in [0.25, 0.3) is 17.0 Å². The fourth-order valence-corrected chi connectivity index (χ4v) is 6.15. The van der Waals surface area contributed by atoms with Crippen LogP contribution in [0.15, 0.2) is 131 Å². The molecule has 1 aromatic heterocycles. The van der Waals surface area contributed by atoms with E-state index in [1.54, 1.807) is 66.9 Å². The van der Waals surface area contributed by atoms with Crippen LogP contribution in [0.2, 0.25) is 0 Å². The van der Waals surface area contributed by atoms with Crippen molar-refractivity contribution in [3.05, 3.63) is 132 Å². The number of nitrogens with zero attached hydrogens (tertiary/aromatic N) is 2. The first-order valence-electron chi connectivity index (χ1n) is 15.4. The molecule has 1 aliphatic rings. The number of hydrazone groups is 1. The minimum atomic E-state index is -0.511. The van der Waals surface area contributed by atoms with E-state index < -0.39 is 17.1 Å². The van der Waals surface area contributed by atoms with Gasteiger partial charge in [-0.25, -0.2) is 0 Å². The number of benzene rings is 4. The second kappa shape index (κ2) is 14.7. The zero-order chi connectivity index (χ0) is 33.5. The normalized spacial score (nSPS) is 13.6. The number of nitrogens with one attached hydrogen (secondary N) is 4. The average Bonchev–Trinajstić information content (AvgIpc) is 3.70. The molecule has 6 rings (SSSR count). The molecule has 4 amide bonds. The highest BCUT2D eigenvalue weighted by Gasteiger charge is 2.28. The number of fused-ring (bicyclic) bond motifs is 1. The Balaban J connectivity index is 1.16. The van der Waals surface area contributed by atoms with Gasteiger partial charge in [0.1, 0.15) is 11.5 Å². The molecule has 0 aliphatic carbocycles. The highest BCUT2D eigenvalue weighted by molar-refractivity contribution is 8.00. The van der Waals surface area contributed by atoms with Crippen LogP contribution in [0.4, 0.5) is 11.4 Å². The summed E-state index contributed by atoms with van der Waals surface area (Å²) in [4.78, 5) is 56.5. The van der Waals surface area contributed by atoms with Crippen molar-refractivity contribution in [1.82, 2.24) is 15.6 Å². The number of anilines is 2. The third-order valence-electron chi connectivity index (χ3n) is 7.53. The van der Waals surface area contributed by atoms with Crippen molar-refractivity contribution in [2.75, 3.05) is 10.3 Å². The van der Waals surface area contributed by atoms with Crippen molar-refractivity contribution in [1.29, 1.82) is 0 Å². The second-order valence-corrected chi connectivity index (χ2v) is 12.2. The molecule has 1 unspecified atom stereocenters. The van der Waals surface area contributed by atoms with Gasteiger partial charge in [0.25, 0.3) is 17.7 Å². The molecule has 0 saturated carbocycles. The number of hydrogen-bond donors (Lipinski definition) is 4. The number of aromatic amines is 1. The van der Waals surface area contributed by atoms with Gasteiger partial charge in [0.15, 0.2) is 0 Å². The number of para-hydroxylation sites is 2. The lowest BCUT2D eigenvalue weighted by Crippen LogP contribution is -2.36. The maximum absolute atomic E-state index is 13.7. The third kappa shape index (κ3) is 7.54. The summed E-state index contributed by atoms with van der Waals surface area (Å²) in [5, 5.41) is 14.5. The number of rotatable bonds is 10. The fourth-order valence-electron chi connectivity index (χ4n) is 5.14. The standard InChI is InChI=1S/C37H32N6O4S/c1-2-32(37(47)41-33-22-34(44)43(42-33)27-15-7-4-8-16-27)48-28-17-11-14-26(21-28)39-36(46)31(40-35(45)24-12-5-3-6-13-24)20-25-23-38-30-19-10-9-18-29(25)30/h3-21,23,32,38H,2,22H2,1H3,(H,39,46)(H,40,45)(H,41,42,47)/b31-20-. The first kappa shape index (κ1) is 32.0. The molecular weight excluding hydrogens is 625 g/mol. The molecule has 0 radical (unpaired) electrons. The van der Waals surface area contributed by atoms with Gasteiger partial charge in [0.05, 0.1) is 17.4 Å². The average molecular weight is 657 g/mol. The Bertz CT molecular complexity index is 2040. The Morgan fingerprint density at radius 3 is 2.42 bits per heavy atom. The molecular formula is C37H32N6O4S. The molecule has 0 fully saturated rings. The van der Waals surface area contributed by atoms with Gasteiger partial charge in [0, 0.05) is 38.8 Å². The summed E-state index contributed by atoms with van der Waals surface area (Å²) in [5.74, 6) is -1.13. The van der Waals surface area contributed by atoms with Gasteiger partial charge < -0.3 is 20.9 Å². The van der Waals surface area contributed by atoms with Crippen LogP contribution < -0.4 is 21.0 Å². The van der Waals surface area contributed by atoms with Crippen molar-refractivity contribution >= 4 is 69.6 Å². The Morgan fingerprint density at radius 2 is 1.65 bits per heavy atom. The SMILES string of the molecule is CCC(Sc1cccc(NC(=O)/C(=C/c2c[nH]c3ccccc23)NC(=O)c2ccccc2)c1)C(=O)NC1=NN(c2ccccc2)C(=O)C1. The van der Waals surface area contributed by atoms with Crippen LogP contribution in [-0.4, -0.2) is 39.7 Å². The van der Waals surface area contributed by atoms with Crippen LogP contribution in [0.3, 0.4) is 0 Å². The van der Waals surface area contributed by atoms with Gasteiger partial charge in [-0.15, -0.1) is 11.8 Å². The molecule has 11 heteroatoms. The van der Waals surface area contributed by atoms with E-state index in [1.165, 1.54) is 16.8 Å². The molecule has 4 N–H and O–H groups in total. The number of amides is 4. The minimum Gasteiger partial charge on any atom is -0.361 e. The predicted octanol–water partition coefficient (Wildman–Crippen LogP) is 6.31. The molecule has 10 nitrogen and oxygen atoms in total.